The quantitative estimate of drug-likeness (QED) is 0.155. The fraction of sp³-hybridized carbons (Fsp3) is 0.267. The molecule has 11 heteroatoms. The number of fused-ring (bicyclic) bond motifs is 1. The van der Waals surface area contributed by atoms with E-state index >= 15 is 0 Å². The minimum atomic E-state index is -0.976. The maximum atomic E-state index is 14.0. The highest BCUT2D eigenvalue weighted by Crippen LogP contribution is 2.46. The number of hydrogen-bond acceptors (Lipinski definition) is 10. The SMILES string of the molecule is C=CCOc1ccc(C2C(C(=O)c3sc(C)nc3C)=C(O)C(=O)N2c2nc3ccc(OCC)cc3s2)cc1OCC. The van der Waals surface area contributed by atoms with Crippen LogP contribution in [0.25, 0.3) is 10.2 Å². The number of benzene rings is 2. The number of carbonyl (C=O) groups is 2. The third-order valence-corrected chi connectivity index (χ3v) is 8.46. The van der Waals surface area contributed by atoms with E-state index in [-0.39, 0.29) is 12.2 Å². The number of aliphatic hydroxyl groups is 1. The number of ketones is 1. The molecule has 0 fully saturated rings. The molecule has 1 aliphatic heterocycles. The average molecular weight is 592 g/mol. The number of aliphatic hydroxyl groups excluding tert-OH is 1. The van der Waals surface area contributed by atoms with E-state index in [0.29, 0.717) is 62.3 Å². The second-order valence-corrected chi connectivity index (χ2v) is 11.3. The van der Waals surface area contributed by atoms with Gasteiger partial charge in [-0.1, -0.05) is 30.1 Å². The van der Waals surface area contributed by atoms with Gasteiger partial charge in [0.15, 0.2) is 22.4 Å². The van der Waals surface area contributed by atoms with Crippen LogP contribution in [0.4, 0.5) is 5.13 Å². The molecule has 0 saturated heterocycles. The molecule has 41 heavy (non-hydrogen) atoms. The van der Waals surface area contributed by atoms with Crippen molar-refractivity contribution in [2.24, 2.45) is 0 Å². The zero-order valence-electron chi connectivity index (χ0n) is 23.1. The first-order valence-electron chi connectivity index (χ1n) is 13.1. The van der Waals surface area contributed by atoms with Crippen molar-refractivity contribution in [3.63, 3.8) is 0 Å². The number of Topliss-reactive ketones (excluding diaryl/α,β-unsaturated/α-hetero) is 1. The molecular weight excluding hydrogens is 562 g/mol. The highest BCUT2D eigenvalue weighted by Gasteiger charge is 2.46. The van der Waals surface area contributed by atoms with Gasteiger partial charge in [-0.25, -0.2) is 9.97 Å². The Morgan fingerprint density at radius 3 is 2.51 bits per heavy atom. The fourth-order valence-corrected chi connectivity index (χ4v) is 6.59. The minimum absolute atomic E-state index is 0.0433. The number of carbonyl (C=O) groups excluding carboxylic acids is 2. The predicted molar refractivity (Wildman–Crippen MR) is 160 cm³/mol. The van der Waals surface area contributed by atoms with Crippen LogP contribution in [-0.2, 0) is 4.79 Å². The van der Waals surface area contributed by atoms with Crippen LogP contribution in [-0.4, -0.2) is 46.6 Å². The fourth-order valence-electron chi connectivity index (χ4n) is 4.70. The summed E-state index contributed by atoms with van der Waals surface area (Å²) in [7, 11) is 0. The van der Waals surface area contributed by atoms with Crippen molar-refractivity contribution in [3.8, 4) is 17.2 Å². The van der Waals surface area contributed by atoms with E-state index < -0.39 is 23.5 Å². The Hall–Kier alpha value is -4.22. The van der Waals surface area contributed by atoms with Crippen molar-refractivity contribution < 1.29 is 28.9 Å². The van der Waals surface area contributed by atoms with Gasteiger partial charge in [0.1, 0.15) is 12.4 Å². The van der Waals surface area contributed by atoms with E-state index in [0.717, 1.165) is 4.70 Å². The van der Waals surface area contributed by atoms with Crippen LogP contribution in [0.15, 0.2) is 60.4 Å². The molecule has 0 aliphatic carbocycles. The monoisotopic (exact) mass is 591 g/mol. The molecule has 9 nitrogen and oxygen atoms in total. The van der Waals surface area contributed by atoms with Crippen molar-refractivity contribution in [1.82, 2.24) is 9.97 Å². The highest BCUT2D eigenvalue weighted by atomic mass is 32.1. The molecule has 2 aromatic carbocycles. The molecule has 1 N–H and O–H groups in total. The Morgan fingerprint density at radius 1 is 1.05 bits per heavy atom. The first-order chi connectivity index (χ1) is 19.8. The van der Waals surface area contributed by atoms with Gasteiger partial charge in [0.2, 0.25) is 5.78 Å². The maximum Gasteiger partial charge on any atom is 0.296 e. The normalized spacial score (nSPS) is 15.1. The van der Waals surface area contributed by atoms with E-state index in [1.54, 1.807) is 38.1 Å². The summed E-state index contributed by atoms with van der Waals surface area (Å²) in [5, 5.41) is 12.3. The highest BCUT2D eigenvalue weighted by molar-refractivity contribution is 7.22. The molecule has 212 valence electrons. The van der Waals surface area contributed by atoms with E-state index in [9.17, 15) is 14.7 Å². The summed E-state index contributed by atoms with van der Waals surface area (Å²) in [6.07, 6.45) is 1.63. The van der Waals surface area contributed by atoms with Gasteiger partial charge in [-0.05, 0) is 63.6 Å². The summed E-state index contributed by atoms with van der Waals surface area (Å²) in [4.78, 5) is 38.5. The second-order valence-electron chi connectivity index (χ2n) is 9.11. The number of hydrogen-bond donors (Lipinski definition) is 1. The van der Waals surface area contributed by atoms with Crippen molar-refractivity contribution in [2.45, 2.75) is 33.7 Å². The number of rotatable bonds is 11. The van der Waals surface area contributed by atoms with Gasteiger partial charge in [0, 0.05) is 0 Å². The van der Waals surface area contributed by atoms with Gasteiger partial charge in [-0.3, -0.25) is 14.5 Å². The van der Waals surface area contributed by atoms with Gasteiger partial charge in [0.25, 0.3) is 5.91 Å². The first kappa shape index (κ1) is 28.3. The summed E-state index contributed by atoms with van der Waals surface area (Å²) in [5.74, 6) is -0.186. The minimum Gasteiger partial charge on any atom is -0.503 e. The standard InChI is InChI=1S/C30H29N3O6S2/c1-6-13-39-21-12-9-18(14-22(21)38-8-3)25-24(26(34)28-16(4)31-17(5)40-28)27(35)29(36)33(25)30-32-20-11-10-19(37-7-2)15-23(20)41-30/h6,9-12,14-15,25,35H,1,7-8,13H2,2-5H3. The van der Waals surface area contributed by atoms with Crippen LogP contribution in [0.2, 0.25) is 0 Å². The number of ether oxygens (including phenoxy) is 3. The molecule has 0 radical (unpaired) electrons. The zero-order valence-corrected chi connectivity index (χ0v) is 24.7. The van der Waals surface area contributed by atoms with Gasteiger partial charge in [-0.15, -0.1) is 11.3 Å². The Morgan fingerprint density at radius 2 is 1.83 bits per heavy atom. The van der Waals surface area contributed by atoms with Gasteiger partial charge >= 0.3 is 0 Å². The van der Waals surface area contributed by atoms with E-state index in [1.807, 2.05) is 32.0 Å². The Labute approximate surface area is 245 Å². The van der Waals surface area contributed by atoms with Crippen LogP contribution in [0.3, 0.4) is 0 Å². The summed E-state index contributed by atoms with van der Waals surface area (Å²) < 4.78 is 18.0. The summed E-state index contributed by atoms with van der Waals surface area (Å²) >= 11 is 2.50. The Balaban J connectivity index is 1.67. The number of aromatic nitrogens is 2. The second kappa shape index (κ2) is 11.7. The summed E-state index contributed by atoms with van der Waals surface area (Å²) in [5.41, 5.74) is 1.71. The van der Waals surface area contributed by atoms with E-state index in [1.165, 1.54) is 27.6 Å². The smallest absolute Gasteiger partial charge is 0.296 e. The first-order valence-corrected chi connectivity index (χ1v) is 14.7. The molecule has 4 aromatic rings. The molecule has 1 atom stereocenters. The van der Waals surface area contributed by atoms with Crippen molar-refractivity contribution in [1.29, 1.82) is 0 Å². The van der Waals surface area contributed by atoms with Crippen LogP contribution < -0.4 is 19.1 Å². The summed E-state index contributed by atoms with van der Waals surface area (Å²) in [6, 6.07) is 9.71. The molecule has 5 rings (SSSR count). The molecule has 0 saturated carbocycles. The number of aryl methyl sites for hydroxylation is 2. The molecule has 1 unspecified atom stereocenters. The average Bonchev–Trinajstić information content (AvgIpc) is 3.60. The van der Waals surface area contributed by atoms with E-state index in [2.05, 4.69) is 11.6 Å². The Kier molecular flexibility index (Phi) is 8.09. The number of nitrogens with zero attached hydrogens (tertiary/aromatic N) is 3. The molecular formula is C30H29N3O6S2. The zero-order chi connectivity index (χ0) is 29.3. The van der Waals surface area contributed by atoms with Crippen molar-refractivity contribution in [2.75, 3.05) is 24.7 Å². The molecule has 0 bridgehead atoms. The van der Waals surface area contributed by atoms with Crippen molar-refractivity contribution >= 4 is 49.7 Å². The topological polar surface area (TPSA) is 111 Å². The van der Waals surface area contributed by atoms with Crippen LogP contribution in [0.1, 0.15) is 45.8 Å². The van der Waals surface area contributed by atoms with Crippen LogP contribution in [0, 0.1) is 13.8 Å². The van der Waals surface area contributed by atoms with Crippen molar-refractivity contribution in [3.05, 3.63) is 81.5 Å². The Bertz CT molecular complexity index is 1690. The molecule has 0 spiro atoms. The molecule has 3 heterocycles. The van der Waals surface area contributed by atoms with Crippen LogP contribution >= 0.6 is 22.7 Å². The lowest BCUT2D eigenvalue weighted by molar-refractivity contribution is -0.117. The summed E-state index contributed by atoms with van der Waals surface area (Å²) in [6.45, 7) is 12.1. The lowest BCUT2D eigenvalue weighted by atomic mass is 9.95. The lowest BCUT2D eigenvalue weighted by Gasteiger charge is -2.25. The predicted octanol–water partition coefficient (Wildman–Crippen LogP) is 6.51. The largest absolute Gasteiger partial charge is 0.503 e. The lowest BCUT2D eigenvalue weighted by Crippen LogP contribution is -2.31. The molecule has 2 aromatic heterocycles. The molecule has 1 amide bonds. The number of thiazole rings is 2. The number of anilines is 1. The third-order valence-electron chi connectivity index (χ3n) is 6.37. The van der Waals surface area contributed by atoms with Gasteiger partial charge in [-0.2, -0.15) is 0 Å². The molecule has 1 aliphatic rings. The maximum absolute atomic E-state index is 14.0. The van der Waals surface area contributed by atoms with Gasteiger partial charge in [0.05, 0.1) is 50.6 Å². The van der Waals surface area contributed by atoms with Crippen LogP contribution in [0.5, 0.6) is 17.2 Å². The van der Waals surface area contributed by atoms with Gasteiger partial charge < -0.3 is 19.3 Å². The number of amides is 1. The third kappa shape index (κ3) is 5.30. The van der Waals surface area contributed by atoms with E-state index in [4.69, 9.17) is 19.2 Å².